The average molecular weight is 494 g/mol. The van der Waals surface area contributed by atoms with Crippen LogP contribution in [-0.4, -0.2) is 58.7 Å². The summed E-state index contributed by atoms with van der Waals surface area (Å²) in [6.45, 7) is 1.06. The van der Waals surface area contributed by atoms with Gasteiger partial charge in [0.25, 0.3) is 5.69 Å². The third-order valence-corrected chi connectivity index (χ3v) is 9.04. The first-order valence-corrected chi connectivity index (χ1v) is 13.1. The van der Waals surface area contributed by atoms with Crippen LogP contribution in [0.5, 0.6) is 0 Å². The molecule has 13 heteroatoms. The van der Waals surface area contributed by atoms with E-state index in [4.69, 9.17) is 4.74 Å². The van der Waals surface area contributed by atoms with E-state index >= 15 is 0 Å². The Balaban J connectivity index is 1.49. The van der Waals surface area contributed by atoms with Gasteiger partial charge in [0.05, 0.1) is 32.8 Å². The van der Waals surface area contributed by atoms with Crippen LogP contribution in [0.2, 0.25) is 0 Å². The maximum Gasteiger partial charge on any atom is 0.284 e. The lowest BCUT2D eigenvalue weighted by Gasteiger charge is -2.26. The van der Waals surface area contributed by atoms with Gasteiger partial charge in [-0.3, -0.25) is 14.7 Å². The van der Waals surface area contributed by atoms with Gasteiger partial charge in [-0.1, -0.05) is 6.07 Å². The summed E-state index contributed by atoms with van der Waals surface area (Å²) in [5.41, 5.74) is -0.271. The number of hydrogen-bond donors (Lipinski definition) is 0. The van der Waals surface area contributed by atoms with Crippen LogP contribution in [0.15, 0.2) is 50.7 Å². The Bertz CT molecular complexity index is 1250. The van der Waals surface area contributed by atoms with Gasteiger partial charge in [-0.2, -0.15) is 4.31 Å². The lowest BCUT2D eigenvalue weighted by Crippen LogP contribution is -2.40. The normalized spacial score (nSPS) is 17.5. The van der Waals surface area contributed by atoms with Crippen molar-refractivity contribution < 1.29 is 18.1 Å². The molecule has 0 amide bonds. The summed E-state index contributed by atoms with van der Waals surface area (Å²) in [4.78, 5) is 12.5. The van der Waals surface area contributed by atoms with E-state index in [1.165, 1.54) is 16.4 Å². The first-order chi connectivity index (χ1) is 15.4. The molecule has 5 rings (SSSR count). The second kappa shape index (κ2) is 8.56. The number of thiophene rings is 1. The number of ether oxygens (including phenoxy) is 1. The van der Waals surface area contributed by atoms with Crippen LogP contribution in [0.4, 0.5) is 5.69 Å². The first kappa shape index (κ1) is 21.5. The average Bonchev–Trinajstić information content (AvgIpc) is 3.31. The Hall–Kier alpha value is -2.32. The summed E-state index contributed by atoms with van der Waals surface area (Å²) >= 11 is 2.69. The van der Waals surface area contributed by atoms with Crippen molar-refractivity contribution in [3.05, 3.63) is 45.8 Å². The molecular formula is C19H19N5O5S3. The van der Waals surface area contributed by atoms with E-state index in [1.54, 1.807) is 11.3 Å². The van der Waals surface area contributed by atoms with Crippen molar-refractivity contribution in [2.24, 2.45) is 0 Å². The number of hydrogen-bond acceptors (Lipinski definition) is 9. The predicted molar refractivity (Wildman–Crippen MR) is 118 cm³/mol. The first-order valence-electron chi connectivity index (χ1n) is 9.98. The molecule has 0 N–H and O–H groups in total. The minimum absolute atomic E-state index is 0.0987. The number of nitro groups is 1. The third-order valence-electron chi connectivity index (χ3n) is 5.25. The maximum absolute atomic E-state index is 12.9. The Labute approximate surface area is 192 Å². The number of aromatic nitrogens is 3. The molecule has 1 aliphatic carbocycles. The highest BCUT2D eigenvalue weighted by Gasteiger charge is 2.33. The molecule has 2 aromatic heterocycles. The Morgan fingerprint density at radius 2 is 1.97 bits per heavy atom. The Kier molecular flexibility index (Phi) is 5.75. The summed E-state index contributed by atoms with van der Waals surface area (Å²) in [5.74, 6) is 0.749. The van der Waals surface area contributed by atoms with Gasteiger partial charge in [0, 0.05) is 25.2 Å². The largest absolute Gasteiger partial charge is 0.379 e. The summed E-state index contributed by atoms with van der Waals surface area (Å²) in [5, 5.41) is 23.0. The monoisotopic (exact) mass is 493 g/mol. The van der Waals surface area contributed by atoms with Gasteiger partial charge in [-0.05, 0) is 48.2 Å². The van der Waals surface area contributed by atoms with E-state index in [9.17, 15) is 18.5 Å². The van der Waals surface area contributed by atoms with Crippen molar-refractivity contribution in [3.63, 3.8) is 0 Å². The van der Waals surface area contributed by atoms with Crippen LogP contribution in [0.1, 0.15) is 18.9 Å². The van der Waals surface area contributed by atoms with E-state index in [0.717, 1.165) is 41.4 Å². The molecule has 0 bridgehead atoms. The fourth-order valence-electron chi connectivity index (χ4n) is 3.50. The van der Waals surface area contributed by atoms with Crippen molar-refractivity contribution in [1.29, 1.82) is 0 Å². The van der Waals surface area contributed by atoms with Crippen LogP contribution >= 0.6 is 23.1 Å². The molecular weight excluding hydrogens is 474 g/mol. The van der Waals surface area contributed by atoms with Crippen molar-refractivity contribution in [1.82, 2.24) is 19.1 Å². The Morgan fingerprint density at radius 1 is 1.19 bits per heavy atom. The number of nitro benzene ring substituents is 1. The van der Waals surface area contributed by atoms with Crippen molar-refractivity contribution in [3.8, 4) is 10.7 Å². The van der Waals surface area contributed by atoms with Gasteiger partial charge in [-0.15, -0.1) is 21.5 Å². The second-order valence-corrected chi connectivity index (χ2v) is 11.3. The molecule has 0 radical (unpaired) electrons. The fourth-order valence-corrected chi connectivity index (χ4v) is 6.62. The number of sulfonamides is 1. The van der Waals surface area contributed by atoms with Gasteiger partial charge in [0.2, 0.25) is 10.0 Å². The van der Waals surface area contributed by atoms with Gasteiger partial charge < -0.3 is 4.74 Å². The standard InChI is InChI=1S/C19H19N5O5S3/c25-24(26)15-12-14(32(27,28)22-7-9-29-10-8-22)5-6-16(15)31-19-21-20-18(17-2-1-11-30-17)23(19)13-3-4-13/h1-2,5-6,11-13H,3-4,7-10H2. The molecule has 3 aromatic rings. The van der Waals surface area contributed by atoms with Gasteiger partial charge in [0.1, 0.15) is 0 Å². The zero-order valence-corrected chi connectivity index (χ0v) is 19.2. The number of nitrogens with zero attached hydrogens (tertiary/aromatic N) is 5. The highest BCUT2D eigenvalue weighted by Crippen LogP contribution is 2.44. The second-order valence-electron chi connectivity index (χ2n) is 7.39. The van der Waals surface area contributed by atoms with E-state index in [2.05, 4.69) is 10.2 Å². The molecule has 0 spiro atoms. The number of rotatable bonds is 7. The zero-order valence-electron chi connectivity index (χ0n) is 16.8. The van der Waals surface area contributed by atoms with E-state index in [-0.39, 0.29) is 29.7 Å². The lowest BCUT2D eigenvalue weighted by molar-refractivity contribution is -0.388. The fraction of sp³-hybridized carbons (Fsp3) is 0.368. The molecule has 1 saturated carbocycles. The van der Waals surface area contributed by atoms with Crippen molar-refractivity contribution in [2.75, 3.05) is 26.3 Å². The van der Waals surface area contributed by atoms with E-state index in [1.807, 2.05) is 22.1 Å². The summed E-state index contributed by atoms with van der Waals surface area (Å²) < 4.78 is 34.4. The van der Waals surface area contributed by atoms with Gasteiger partial charge in [-0.25, -0.2) is 8.42 Å². The van der Waals surface area contributed by atoms with Crippen LogP contribution in [0, 0.1) is 10.1 Å². The Morgan fingerprint density at radius 3 is 2.62 bits per heavy atom. The van der Waals surface area contributed by atoms with Crippen LogP contribution < -0.4 is 0 Å². The molecule has 10 nitrogen and oxygen atoms in total. The van der Waals surface area contributed by atoms with Crippen molar-refractivity contribution >= 4 is 38.8 Å². The molecule has 3 heterocycles. The number of benzene rings is 1. The smallest absolute Gasteiger partial charge is 0.284 e. The topological polar surface area (TPSA) is 120 Å². The van der Waals surface area contributed by atoms with Crippen LogP contribution in [-0.2, 0) is 14.8 Å². The highest BCUT2D eigenvalue weighted by atomic mass is 32.2. The van der Waals surface area contributed by atoms with Gasteiger partial charge in [0.15, 0.2) is 11.0 Å². The highest BCUT2D eigenvalue weighted by molar-refractivity contribution is 7.99. The van der Waals surface area contributed by atoms with Crippen molar-refractivity contribution in [2.45, 2.75) is 33.8 Å². The molecule has 1 saturated heterocycles. The predicted octanol–water partition coefficient (Wildman–Crippen LogP) is 3.42. The van der Waals surface area contributed by atoms with E-state index < -0.39 is 14.9 Å². The van der Waals surface area contributed by atoms with Crippen LogP contribution in [0.25, 0.3) is 10.7 Å². The molecule has 2 aliphatic rings. The molecule has 32 heavy (non-hydrogen) atoms. The molecule has 1 aliphatic heterocycles. The minimum Gasteiger partial charge on any atom is -0.379 e. The zero-order chi connectivity index (χ0) is 22.3. The molecule has 0 atom stereocenters. The number of morpholine rings is 1. The summed E-state index contributed by atoms with van der Waals surface area (Å²) in [6, 6.07) is 8.20. The molecule has 168 valence electrons. The van der Waals surface area contributed by atoms with Gasteiger partial charge >= 0.3 is 0 Å². The lowest BCUT2D eigenvalue weighted by atomic mass is 10.3. The summed E-state index contributed by atoms with van der Waals surface area (Å²) in [6.07, 6.45) is 2.01. The molecule has 1 aromatic carbocycles. The third kappa shape index (κ3) is 4.06. The molecule has 0 unspecified atom stereocenters. The minimum atomic E-state index is -3.84. The quantitative estimate of drug-likeness (QED) is 0.363. The van der Waals surface area contributed by atoms with E-state index in [0.29, 0.717) is 23.3 Å². The maximum atomic E-state index is 12.9. The molecule has 2 fully saturated rings. The SMILES string of the molecule is O=[N+]([O-])c1cc(S(=O)(=O)N2CCOCC2)ccc1Sc1nnc(-c2cccs2)n1C1CC1. The summed E-state index contributed by atoms with van der Waals surface area (Å²) in [7, 11) is -3.84. The van der Waals surface area contributed by atoms with Crippen LogP contribution in [0.3, 0.4) is 0 Å².